The molecule has 1 aliphatic carbocycles. The summed E-state index contributed by atoms with van der Waals surface area (Å²) < 4.78 is 5.75. The first-order valence-electron chi connectivity index (χ1n) is 4.43. The molecule has 2 atom stereocenters. The molecule has 64 valence electrons. The van der Waals surface area contributed by atoms with Crippen LogP contribution < -0.4 is 5.32 Å². The summed E-state index contributed by atoms with van der Waals surface area (Å²) in [5.74, 6) is 0.818. The lowest BCUT2D eigenvalue weighted by molar-refractivity contribution is -0.0666. The van der Waals surface area contributed by atoms with Gasteiger partial charge in [-0.15, -0.1) is 0 Å². The molecule has 1 heterocycles. The van der Waals surface area contributed by atoms with Crippen LogP contribution in [0.1, 0.15) is 27.2 Å². The molecule has 1 aliphatic heterocycles. The molecule has 2 nitrogen and oxygen atoms in total. The van der Waals surface area contributed by atoms with Gasteiger partial charge in [-0.25, -0.2) is 0 Å². The van der Waals surface area contributed by atoms with Crippen molar-refractivity contribution < 1.29 is 4.74 Å². The highest BCUT2D eigenvalue weighted by atomic mass is 16.5. The Labute approximate surface area is 68.3 Å². The van der Waals surface area contributed by atoms with Crippen molar-refractivity contribution >= 4 is 0 Å². The van der Waals surface area contributed by atoms with Gasteiger partial charge in [-0.3, -0.25) is 0 Å². The third-order valence-corrected chi connectivity index (χ3v) is 3.04. The van der Waals surface area contributed by atoms with Crippen LogP contribution in [0.3, 0.4) is 0 Å². The summed E-state index contributed by atoms with van der Waals surface area (Å²) >= 11 is 0. The second-order valence-electron chi connectivity index (χ2n) is 4.66. The zero-order chi connectivity index (χ0) is 8.11. The largest absolute Gasteiger partial charge is 0.372 e. The number of hydrogen-bond acceptors (Lipinski definition) is 2. The van der Waals surface area contributed by atoms with Gasteiger partial charge in [-0.2, -0.15) is 0 Å². The van der Waals surface area contributed by atoms with Gasteiger partial charge in [0.2, 0.25) is 0 Å². The summed E-state index contributed by atoms with van der Waals surface area (Å²) in [4.78, 5) is 0. The maximum Gasteiger partial charge on any atom is 0.0751 e. The molecule has 2 unspecified atom stereocenters. The number of ether oxygens (including phenoxy) is 1. The molecule has 1 spiro atoms. The van der Waals surface area contributed by atoms with Crippen molar-refractivity contribution in [3.8, 4) is 0 Å². The molecule has 0 radical (unpaired) electrons. The monoisotopic (exact) mass is 155 g/mol. The summed E-state index contributed by atoms with van der Waals surface area (Å²) in [6.07, 6.45) is 1.29. The van der Waals surface area contributed by atoms with Gasteiger partial charge in [0, 0.05) is 12.1 Å². The van der Waals surface area contributed by atoms with E-state index >= 15 is 0 Å². The highest BCUT2D eigenvalue weighted by molar-refractivity contribution is 5.11. The van der Waals surface area contributed by atoms with E-state index < -0.39 is 0 Å². The van der Waals surface area contributed by atoms with E-state index in [0.29, 0.717) is 5.54 Å². The van der Waals surface area contributed by atoms with E-state index in [4.69, 9.17) is 4.74 Å². The Morgan fingerprint density at radius 2 is 2.09 bits per heavy atom. The van der Waals surface area contributed by atoms with Gasteiger partial charge < -0.3 is 10.1 Å². The predicted octanol–water partition coefficient (Wildman–Crippen LogP) is 1.16. The Morgan fingerprint density at radius 3 is 2.45 bits per heavy atom. The first kappa shape index (κ1) is 7.56. The number of nitrogens with one attached hydrogen (secondary N) is 1. The molecule has 2 fully saturated rings. The van der Waals surface area contributed by atoms with E-state index in [1.165, 1.54) is 6.42 Å². The van der Waals surface area contributed by atoms with Gasteiger partial charge in [0.1, 0.15) is 0 Å². The van der Waals surface area contributed by atoms with Crippen molar-refractivity contribution in [2.45, 2.75) is 38.3 Å². The molecular formula is C9H17NO. The molecule has 2 rings (SSSR count). The van der Waals surface area contributed by atoms with Crippen LogP contribution in [0.2, 0.25) is 0 Å². The predicted molar refractivity (Wildman–Crippen MR) is 44.5 cm³/mol. The summed E-state index contributed by atoms with van der Waals surface area (Å²) in [6, 6.07) is 0. The molecule has 0 bridgehead atoms. The lowest BCUT2D eigenvalue weighted by Crippen LogP contribution is -2.53. The smallest absolute Gasteiger partial charge is 0.0751 e. The van der Waals surface area contributed by atoms with Gasteiger partial charge >= 0.3 is 0 Å². The number of morpholine rings is 1. The van der Waals surface area contributed by atoms with E-state index in [1.54, 1.807) is 0 Å². The van der Waals surface area contributed by atoms with Crippen LogP contribution in [0.15, 0.2) is 0 Å². The fraction of sp³-hybridized carbons (Fsp3) is 1.00. The Bertz CT molecular complexity index is 166. The lowest BCUT2D eigenvalue weighted by atomic mass is 10.1. The van der Waals surface area contributed by atoms with E-state index in [9.17, 15) is 0 Å². The molecule has 0 aromatic heterocycles. The Morgan fingerprint density at radius 1 is 1.45 bits per heavy atom. The van der Waals surface area contributed by atoms with Crippen molar-refractivity contribution in [3.63, 3.8) is 0 Å². The van der Waals surface area contributed by atoms with Crippen LogP contribution in [-0.4, -0.2) is 24.3 Å². The van der Waals surface area contributed by atoms with E-state index in [2.05, 4.69) is 26.1 Å². The molecule has 11 heavy (non-hydrogen) atoms. The maximum absolute atomic E-state index is 5.75. The molecule has 1 saturated heterocycles. The van der Waals surface area contributed by atoms with Crippen LogP contribution in [0, 0.1) is 5.92 Å². The first-order valence-corrected chi connectivity index (χ1v) is 4.43. The van der Waals surface area contributed by atoms with Gasteiger partial charge in [-0.05, 0) is 26.2 Å². The molecule has 2 heteroatoms. The fourth-order valence-corrected chi connectivity index (χ4v) is 1.75. The normalized spacial score (nSPS) is 47.7. The Kier molecular flexibility index (Phi) is 1.37. The molecule has 2 aliphatic rings. The van der Waals surface area contributed by atoms with Gasteiger partial charge in [0.25, 0.3) is 0 Å². The summed E-state index contributed by atoms with van der Waals surface area (Å²) in [5, 5.41) is 3.58. The fourth-order valence-electron chi connectivity index (χ4n) is 1.75. The Balaban J connectivity index is 1.96. The molecule has 0 aromatic carbocycles. The molecule has 0 amide bonds. The van der Waals surface area contributed by atoms with Gasteiger partial charge in [-0.1, -0.05) is 6.92 Å². The molecule has 0 aromatic rings. The van der Waals surface area contributed by atoms with Crippen LogP contribution in [0.5, 0.6) is 0 Å². The molecule has 1 N–H and O–H groups in total. The second-order valence-corrected chi connectivity index (χ2v) is 4.66. The second kappa shape index (κ2) is 1.99. The van der Waals surface area contributed by atoms with Crippen molar-refractivity contribution in [3.05, 3.63) is 0 Å². The van der Waals surface area contributed by atoms with Crippen LogP contribution in [0.4, 0.5) is 0 Å². The minimum atomic E-state index is 0.0492. The minimum absolute atomic E-state index is 0.0492. The van der Waals surface area contributed by atoms with E-state index in [1.807, 2.05) is 0 Å². The standard InChI is InChI=1S/C9H17NO/c1-7-4-9(7)6-11-8(2,3)5-10-9/h7,10H,4-6H2,1-3H3. The summed E-state index contributed by atoms with van der Waals surface area (Å²) in [7, 11) is 0. The van der Waals surface area contributed by atoms with Gasteiger partial charge in [0.05, 0.1) is 12.2 Å². The lowest BCUT2D eigenvalue weighted by Gasteiger charge is -2.36. The third-order valence-electron chi connectivity index (χ3n) is 3.04. The first-order chi connectivity index (χ1) is 5.04. The zero-order valence-electron chi connectivity index (χ0n) is 7.61. The Hall–Kier alpha value is -0.0800. The van der Waals surface area contributed by atoms with Crippen molar-refractivity contribution in [2.75, 3.05) is 13.2 Å². The number of rotatable bonds is 0. The average molecular weight is 155 g/mol. The highest BCUT2D eigenvalue weighted by Crippen LogP contribution is 2.45. The summed E-state index contributed by atoms with van der Waals surface area (Å²) in [6.45, 7) is 8.47. The third kappa shape index (κ3) is 1.18. The zero-order valence-corrected chi connectivity index (χ0v) is 7.61. The maximum atomic E-state index is 5.75. The van der Waals surface area contributed by atoms with Crippen molar-refractivity contribution in [1.29, 1.82) is 0 Å². The van der Waals surface area contributed by atoms with Crippen LogP contribution >= 0.6 is 0 Å². The quantitative estimate of drug-likeness (QED) is 0.567. The topological polar surface area (TPSA) is 21.3 Å². The van der Waals surface area contributed by atoms with Gasteiger partial charge in [0.15, 0.2) is 0 Å². The van der Waals surface area contributed by atoms with E-state index in [0.717, 1.165) is 19.1 Å². The average Bonchev–Trinajstić information content (AvgIpc) is 2.54. The van der Waals surface area contributed by atoms with Crippen molar-refractivity contribution in [1.82, 2.24) is 5.32 Å². The van der Waals surface area contributed by atoms with E-state index in [-0.39, 0.29) is 5.60 Å². The SMILES string of the molecule is CC1CC12COC(C)(C)CN2. The van der Waals surface area contributed by atoms with Crippen LogP contribution in [-0.2, 0) is 4.74 Å². The van der Waals surface area contributed by atoms with Crippen LogP contribution in [0.25, 0.3) is 0 Å². The minimum Gasteiger partial charge on any atom is -0.372 e. The van der Waals surface area contributed by atoms with Crippen molar-refractivity contribution in [2.24, 2.45) is 5.92 Å². The summed E-state index contributed by atoms with van der Waals surface area (Å²) in [5.41, 5.74) is 0.420. The molecular weight excluding hydrogens is 138 g/mol. The molecule has 1 saturated carbocycles. The number of hydrogen-bond donors (Lipinski definition) is 1. The highest BCUT2D eigenvalue weighted by Gasteiger charge is 2.54.